The molecule has 3 rings (SSSR count). The van der Waals surface area contributed by atoms with Gasteiger partial charge in [-0.25, -0.2) is 0 Å². The first kappa shape index (κ1) is 13.4. The fraction of sp³-hybridized carbons (Fsp3) is 0.235. The van der Waals surface area contributed by atoms with E-state index in [-0.39, 0.29) is 11.9 Å². The second-order valence-electron chi connectivity index (χ2n) is 5.19. The number of anilines is 1. The van der Waals surface area contributed by atoms with Gasteiger partial charge in [-0.3, -0.25) is 4.79 Å². The van der Waals surface area contributed by atoms with Crippen LogP contribution in [0.15, 0.2) is 48.5 Å². The maximum absolute atomic E-state index is 12.8. The monoisotopic (exact) mass is 329 g/mol. The largest absolute Gasteiger partial charge is 0.305 e. The summed E-state index contributed by atoms with van der Waals surface area (Å²) >= 11 is 3.44. The molecule has 2 aromatic carbocycles. The van der Waals surface area contributed by atoms with Crippen molar-refractivity contribution in [3.8, 4) is 0 Å². The van der Waals surface area contributed by atoms with Crippen LogP contribution in [0.3, 0.4) is 0 Å². The first-order chi connectivity index (χ1) is 9.70. The minimum absolute atomic E-state index is 0.0882. The Balaban J connectivity index is 1.98. The van der Waals surface area contributed by atoms with Crippen LogP contribution in [0.25, 0.3) is 0 Å². The molecule has 1 amide bonds. The van der Waals surface area contributed by atoms with E-state index < -0.39 is 0 Å². The molecule has 102 valence electrons. The number of hydrogen-bond acceptors (Lipinski definition) is 1. The molecule has 0 saturated heterocycles. The number of carbonyl (C=O) groups is 1. The second kappa shape index (κ2) is 5.41. The lowest BCUT2D eigenvalue weighted by molar-refractivity contribution is 0.0981. The molecule has 0 aromatic heterocycles. The predicted octanol–water partition coefficient (Wildman–Crippen LogP) is 4.17. The van der Waals surface area contributed by atoms with Crippen molar-refractivity contribution in [1.82, 2.24) is 0 Å². The molecule has 3 heteroatoms. The standard InChI is InChI=1S/C17H16BrNO/c1-12-9-14-6-2-3-8-16(14)19(12)17(20)15-7-4-5-13(10-15)11-18/h2-8,10,12H,9,11H2,1H3. The molecule has 2 aromatic rings. The molecule has 0 saturated carbocycles. The van der Waals surface area contributed by atoms with Crippen molar-refractivity contribution < 1.29 is 4.79 Å². The molecular weight excluding hydrogens is 314 g/mol. The molecule has 1 heterocycles. The van der Waals surface area contributed by atoms with Gasteiger partial charge in [0, 0.05) is 22.6 Å². The number of carbonyl (C=O) groups excluding carboxylic acids is 1. The molecular formula is C17H16BrNO. The fourth-order valence-corrected chi connectivity index (χ4v) is 3.15. The number of nitrogens with zero attached hydrogens (tertiary/aromatic N) is 1. The predicted molar refractivity (Wildman–Crippen MR) is 85.5 cm³/mol. The Morgan fingerprint density at radius 1 is 1.25 bits per heavy atom. The first-order valence-electron chi connectivity index (χ1n) is 6.77. The average Bonchev–Trinajstić information content (AvgIpc) is 2.82. The highest BCUT2D eigenvalue weighted by molar-refractivity contribution is 9.08. The summed E-state index contributed by atoms with van der Waals surface area (Å²) in [6.07, 6.45) is 0.931. The van der Waals surface area contributed by atoms with Crippen LogP contribution in [-0.4, -0.2) is 11.9 Å². The summed E-state index contributed by atoms with van der Waals surface area (Å²) in [7, 11) is 0. The number of rotatable bonds is 2. The van der Waals surface area contributed by atoms with Gasteiger partial charge in [0.2, 0.25) is 0 Å². The smallest absolute Gasteiger partial charge is 0.258 e. The van der Waals surface area contributed by atoms with Crippen molar-refractivity contribution in [3.63, 3.8) is 0 Å². The van der Waals surface area contributed by atoms with Gasteiger partial charge in [-0.15, -0.1) is 0 Å². The molecule has 0 aliphatic carbocycles. The SMILES string of the molecule is CC1Cc2ccccc2N1C(=O)c1cccc(CBr)c1. The number of fused-ring (bicyclic) bond motifs is 1. The van der Waals surface area contributed by atoms with Gasteiger partial charge in [0.15, 0.2) is 0 Å². The highest BCUT2D eigenvalue weighted by Crippen LogP contribution is 2.33. The van der Waals surface area contributed by atoms with Gasteiger partial charge >= 0.3 is 0 Å². The first-order valence-corrected chi connectivity index (χ1v) is 7.89. The summed E-state index contributed by atoms with van der Waals surface area (Å²) in [6.45, 7) is 2.10. The van der Waals surface area contributed by atoms with Crippen LogP contribution in [-0.2, 0) is 11.8 Å². The summed E-state index contributed by atoms with van der Waals surface area (Å²) in [4.78, 5) is 14.7. The molecule has 1 aliphatic rings. The van der Waals surface area contributed by atoms with E-state index in [2.05, 4.69) is 28.9 Å². The molecule has 0 N–H and O–H groups in total. The molecule has 2 nitrogen and oxygen atoms in total. The van der Waals surface area contributed by atoms with E-state index in [1.807, 2.05) is 47.4 Å². The summed E-state index contributed by atoms with van der Waals surface area (Å²) in [6, 6.07) is 16.2. The second-order valence-corrected chi connectivity index (χ2v) is 5.75. The lowest BCUT2D eigenvalue weighted by Crippen LogP contribution is -2.35. The number of benzene rings is 2. The Labute approximate surface area is 127 Å². The Bertz CT molecular complexity index is 653. The van der Waals surface area contributed by atoms with Gasteiger partial charge in [0.25, 0.3) is 5.91 Å². The van der Waals surface area contributed by atoms with Crippen molar-refractivity contribution in [2.45, 2.75) is 24.7 Å². The molecule has 0 fully saturated rings. The quantitative estimate of drug-likeness (QED) is 0.757. The molecule has 1 aliphatic heterocycles. The number of halogens is 1. The Morgan fingerprint density at radius 2 is 2.05 bits per heavy atom. The van der Waals surface area contributed by atoms with Gasteiger partial charge in [-0.1, -0.05) is 46.3 Å². The van der Waals surface area contributed by atoms with Crippen LogP contribution in [0.4, 0.5) is 5.69 Å². The van der Waals surface area contributed by atoms with Gasteiger partial charge in [0.1, 0.15) is 0 Å². The normalized spacial score (nSPS) is 17.1. The number of amides is 1. The van der Waals surface area contributed by atoms with Crippen molar-refractivity contribution >= 4 is 27.5 Å². The Kier molecular flexibility index (Phi) is 3.62. The van der Waals surface area contributed by atoms with E-state index in [4.69, 9.17) is 0 Å². The van der Waals surface area contributed by atoms with E-state index in [1.165, 1.54) is 5.56 Å². The van der Waals surface area contributed by atoms with Gasteiger partial charge in [-0.2, -0.15) is 0 Å². The van der Waals surface area contributed by atoms with Crippen molar-refractivity contribution in [2.75, 3.05) is 4.90 Å². The van der Waals surface area contributed by atoms with E-state index in [0.717, 1.165) is 28.6 Å². The van der Waals surface area contributed by atoms with Crippen molar-refractivity contribution in [2.24, 2.45) is 0 Å². The molecule has 1 atom stereocenters. The van der Waals surface area contributed by atoms with E-state index in [1.54, 1.807) is 0 Å². The van der Waals surface area contributed by atoms with E-state index >= 15 is 0 Å². The van der Waals surface area contributed by atoms with E-state index in [0.29, 0.717) is 0 Å². The van der Waals surface area contributed by atoms with Crippen LogP contribution in [0, 0.1) is 0 Å². The molecule has 1 unspecified atom stereocenters. The zero-order chi connectivity index (χ0) is 14.1. The molecule has 0 bridgehead atoms. The minimum Gasteiger partial charge on any atom is -0.305 e. The van der Waals surface area contributed by atoms with Crippen LogP contribution < -0.4 is 4.90 Å². The zero-order valence-electron chi connectivity index (χ0n) is 11.3. The Morgan fingerprint density at radius 3 is 2.85 bits per heavy atom. The van der Waals surface area contributed by atoms with E-state index in [9.17, 15) is 4.79 Å². The fourth-order valence-electron chi connectivity index (χ4n) is 2.80. The van der Waals surface area contributed by atoms with Crippen LogP contribution in [0.1, 0.15) is 28.4 Å². The van der Waals surface area contributed by atoms with Crippen LogP contribution >= 0.6 is 15.9 Å². The topological polar surface area (TPSA) is 20.3 Å². The summed E-state index contributed by atoms with van der Waals surface area (Å²) in [5.41, 5.74) is 4.18. The maximum atomic E-state index is 12.8. The third kappa shape index (κ3) is 2.27. The molecule has 0 spiro atoms. The lowest BCUT2D eigenvalue weighted by Gasteiger charge is -2.23. The minimum atomic E-state index is 0.0882. The summed E-state index contributed by atoms with van der Waals surface area (Å²) in [5, 5.41) is 0.764. The van der Waals surface area contributed by atoms with Gasteiger partial charge in [-0.05, 0) is 42.7 Å². The van der Waals surface area contributed by atoms with Crippen LogP contribution in [0.5, 0.6) is 0 Å². The number of hydrogen-bond donors (Lipinski definition) is 0. The number of para-hydroxylation sites is 1. The highest BCUT2D eigenvalue weighted by Gasteiger charge is 2.31. The third-order valence-electron chi connectivity index (χ3n) is 3.75. The van der Waals surface area contributed by atoms with Crippen LogP contribution in [0.2, 0.25) is 0 Å². The van der Waals surface area contributed by atoms with Gasteiger partial charge in [0.05, 0.1) is 0 Å². The molecule has 20 heavy (non-hydrogen) atoms. The Hall–Kier alpha value is -1.61. The third-order valence-corrected chi connectivity index (χ3v) is 4.40. The van der Waals surface area contributed by atoms with Gasteiger partial charge < -0.3 is 4.90 Å². The lowest BCUT2D eigenvalue weighted by atomic mass is 10.1. The molecule has 0 radical (unpaired) electrons. The summed E-state index contributed by atoms with van der Waals surface area (Å²) < 4.78 is 0. The highest BCUT2D eigenvalue weighted by atomic mass is 79.9. The zero-order valence-corrected chi connectivity index (χ0v) is 12.9. The van der Waals surface area contributed by atoms with Crippen molar-refractivity contribution in [3.05, 3.63) is 65.2 Å². The number of alkyl halides is 1. The van der Waals surface area contributed by atoms with Crippen molar-refractivity contribution in [1.29, 1.82) is 0 Å². The maximum Gasteiger partial charge on any atom is 0.258 e. The summed E-state index contributed by atoms with van der Waals surface area (Å²) in [5.74, 6) is 0.0882. The average molecular weight is 330 g/mol.